The second-order valence-corrected chi connectivity index (χ2v) is 8.52. The minimum atomic E-state index is -0.170. The van der Waals surface area contributed by atoms with E-state index in [1.165, 1.54) is 0 Å². The molecule has 9 nitrogen and oxygen atoms in total. The fraction of sp³-hybridized carbons (Fsp3) is 0.500. The van der Waals surface area contributed by atoms with Gasteiger partial charge in [-0.1, -0.05) is 33.1 Å². The Kier molecular flexibility index (Phi) is 8.73. The van der Waals surface area contributed by atoms with E-state index in [0.717, 1.165) is 55.3 Å². The number of rotatable bonds is 12. The second-order valence-electron chi connectivity index (χ2n) is 8.52. The van der Waals surface area contributed by atoms with Crippen LogP contribution in [0.4, 0.5) is 11.8 Å². The normalized spacial score (nSPS) is 12.4. The number of unbranched alkanes of at least 4 members (excludes halogenated alkanes) is 2. The van der Waals surface area contributed by atoms with Crippen LogP contribution in [0.25, 0.3) is 22.2 Å². The number of pyridine rings is 2. The number of nitrogens with one attached hydrogen (secondary N) is 2. The number of H-pyrrole nitrogens is 1. The van der Waals surface area contributed by atoms with Crippen molar-refractivity contribution in [2.24, 2.45) is 0 Å². The van der Waals surface area contributed by atoms with Crippen LogP contribution in [0.3, 0.4) is 0 Å². The average molecular weight is 454 g/mol. The minimum absolute atomic E-state index is 0.00874. The number of aliphatic hydroxyl groups is 1. The number of nitrogens with zero attached hydrogens (tertiary/aromatic N) is 4. The summed E-state index contributed by atoms with van der Waals surface area (Å²) in [6.45, 7) is 5.96. The van der Waals surface area contributed by atoms with E-state index in [9.17, 15) is 9.90 Å². The molecule has 0 amide bonds. The van der Waals surface area contributed by atoms with Crippen LogP contribution in [0.5, 0.6) is 0 Å². The van der Waals surface area contributed by atoms with Crippen LogP contribution in [0.1, 0.15) is 51.5 Å². The van der Waals surface area contributed by atoms with E-state index in [4.69, 9.17) is 5.73 Å². The number of nitrogen functional groups attached to an aromatic ring is 1. The molecule has 0 fully saturated rings. The Morgan fingerprint density at radius 2 is 2.00 bits per heavy atom. The van der Waals surface area contributed by atoms with Crippen molar-refractivity contribution in [1.82, 2.24) is 24.8 Å². The summed E-state index contributed by atoms with van der Waals surface area (Å²) >= 11 is 0. The highest BCUT2D eigenvalue weighted by Crippen LogP contribution is 2.28. The van der Waals surface area contributed by atoms with E-state index in [2.05, 4.69) is 51.0 Å². The highest BCUT2D eigenvalue weighted by Gasteiger charge is 2.15. The molecule has 0 saturated heterocycles. The Bertz CT molecular complexity index is 1120. The number of aromatic amines is 1. The van der Waals surface area contributed by atoms with Crippen molar-refractivity contribution in [3.05, 3.63) is 40.4 Å². The standard InChI is InChI=1S/C24H35N7O2/c1-4-6-8-18(15-32)28-23-22-20(29-24(25)30-23)10-16(12-27-22)19-11-21(33)26-13-17(19)14-31(3)9-7-5-2/h10-13,18,32H,4-9,14-15H2,1-3H3,(H,26,33)(H3,25,28,29,30). The van der Waals surface area contributed by atoms with Gasteiger partial charge in [-0.25, -0.2) is 4.98 Å². The summed E-state index contributed by atoms with van der Waals surface area (Å²) in [7, 11) is 2.07. The van der Waals surface area contributed by atoms with Gasteiger partial charge >= 0.3 is 0 Å². The number of hydrogen-bond donors (Lipinski definition) is 4. The highest BCUT2D eigenvalue weighted by atomic mass is 16.3. The fourth-order valence-electron chi connectivity index (χ4n) is 3.84. The van der Waals surface area contributed by atoms with Crippen molar-refractivity contribution >= 4 is 22.8 Å². The van der Waals surface area contributed by atoms with Gasteiger partial charge in [0.15, 0.2) is 5.82 Å². The summed E-state index contributed by atoms with van der Waals surface area (Å²) in [5.41, 5.74) is 9.60. The first-order valence-electron chi connectivity index (χ1n) is 11.7. The maximum absolute atomic E-state index is 12.1. The lowest BCUT2D eigenvalue weighted by atomic mass is 10.0. The molecule has 33 heavy (non-hydrogen) atoms. The molecule has 0 saturated carbocycles. The van der Waals surface area contributed by atoms with Crippen molar-refractivity contribution in [1.29, 1.82) is 0 Å². The molecule has 1 unspecified atom stereocenters. The summed E-state index contributed by atoms with van der Waals surface area (Å²) in [5, 5.41) is 13.0. The van der Waals surface area contributed by atoms with Crippen molar-refractivity contribution < 1.29 is 5.11 Å². The van der Waals surface area contributed by atoms with Crippen LogP contribution in [0.2, 0.25) is 0 Å². The third-order valence-electron chi connectivity index (χ3n) is 5.68. The summed E-state index contributed by atoms with van der Waals surface area (Å²) < 4.78 is 0. The number of anilines is 2. The third kappa shape index (κ3) is 6.49. The molecular formula is C24H35N7O2. The Hall–Kier alpha value is -3.04. The van der Waals surface area contributed by atoms with Gasteiger partial charge in [0.2, 0.25) is 11.5 Å². The number of aromatic nitrogens is 4. The van der Waals surface area contributed by atoms with Crippen LogP contribution in [-0.2, 0) is 6.54 Å². The van der Waals surface area contributed by atoms with E-state index in [1.54, 1.807) is 18.5 Å². The maximum Gasteiger partial charge on any atom is 0.248 e. The average Bonchev–Trinajstić information content (AvgIpc) is 2.80. The molecule has 5 N–H and O–H groups in total. The van der Waals surface area contributed by atoms with Gasteiger partial charge in [-0.05, 0) is 43.6 Å². The molecular weight excluding hydrogens is 418 g/mol. The number of fused-ring (bicyclic) bond motifs is 1. The number of hydrogen-bond acceptors (Lipinski definition) is 8. The van der Waals surface area contributed by atoms with E-state index < -0.39 is 0 Å². The molecule has 0 aromatic carbocycles. The monoisotopic (exact) mass is 453 g/mol. The first kappa shape index (κ1) is 24.6. The molecule has 0 aliphatic carbocycles. The van der Waals surface area contributed by atoms with E-state index in [0.29, 0.717) is 23.4 Å². The molecule has 3 aromatic heterocycles. The van der Waals surface area contributed by atoms with E-state index in [1.807, 2.05) is 6.07 Å². The predicted octanol–water partition coefficient (Wildman–Crippen LogP) is 3.16. The molecule has 0 bridgehead atoms. The zero-order valence-electron chi connectivity index (χ0n) is 19.8. The van der Waals surface area contributed by atoms with E-state index in [-0.39, 0.29) is 24.2 Å². The molecule has 9 heteroatoms. The second kappa shape index (κ2) is 11.7. The van der Waals surface area contributed by atoms with Gasteiger partial charge in [-0.15, -0.1) is 0 Å². The Morgan fingerprint density at radius 3 is 2.73 bits per heavy atom. The molecule has 3 aromatic rings. The Morgan fingerprint density at radius 1 is 1.21 bits per heavy atom. The molecule has 0 spiro atoms. The summed E-state index contributed by atoms with van der Waals surface area (Å²) in [6, 6.07) is 3.35. The van der Waals surface area contributed by atoms with Crippen LogP contribution in [0.15, 0.2) is 29.3 Å². The minimum Gasteiger partial charge on any atom is -0.394 e. The molecule has 1 atom stereocenters. The largest absolute Gasteiger partial charge is 0.394 e. The van der Waals surface area contributed by atoms with Gasteiger partial charge < -0.3 is 26.0 Å². The summed E-state index contributed by atoms with van der Waals surface area (Å²) in [5.74, 6) is 0.631. The van der Waals surface area contributed by atoms with Crippen molar-refractivity contribution in [3.8, 4) is 11.1 Å². The smallest absolute Gasteiger partial charge is 0.248 e. The lowest BCUT2D eigenvalue weighted by molar-refractivity contribution is 0.267. The quantitative estimate of drug-likeness (QED) is 0.329. The van der Waals surface area contributed by atoms with Crippen LogP contribution in [0, 0.1) is 0 Å². The number of aliphatic hydroxyl groups excluding tert-OH is 1. The van der Waals surface area contributed by atoms with Crippen LogP contribution in [-0.4, -0.2) is 56.2 Å². The first-order valence-corrected chi connectivity index (χ1v) is 11.7. The lowest BCUT2D eigenvalue weighted by Gasteiger charge is -2.19. The topological polar surface area (TPSA) is 133 Å². The SMILES string of the molecule is CCCCC(CO)Nc1nc(N)nc2cc(-c3cc(=O)[nH]cc3CN(C)CCCC)cnc12. The zero-order valence-corrected chi connectivity index (χ0v) is 19.8. The lowest BCUT2D eigenvalue weighted by Crippen LogP contribution is -2.24. The molecule has 178 valence electrons. The summed E-state index contributed by atoms with van der Waals surface area (Å²) in [4.78, 5) is 30.5. The van der Waals surface area contributed by atoms with Gasteiger partial charge in [0.25, 0.3) is 0 Å². The van der Waals surface area contributed by atoms with Crippen molar-refractivity contribution in [3.63, 3.8) is 0 Å². The van der Waals surface area contributed by atoms with Crippen molar-refractivity contribution in [2.45, 2.75) is 58.5 Å². The van der Waals surface area contributed by atoms with Gasteiger partial charge in [0, 0.05) is 30.6 Å². The fourth-order valence-corrected chi connectivity index (χ4v) is 3.84. The Balaban J connectivity index is 1.97. The molecule has 3 rings (SSSR count). The van der Waals surface area contributed by atoms with Gasteiger partial charge in [0.05, 0.1) is 18.2 Å². The van der Waals surface area contributed by atoms with Gasteiger partial charge in [-0.2, -0.15) is 4.98 Å². The van der Waals surface area contributed by atoms with Crippen molar-refractivity contribution in [2.75, 3.05) is 31.2 Å². The number of nitrogens with two attached hydrogens (primary N) is 1. The molecule has 0 aliphatic rings. The maximum atomic E-state index is 12.1. The first-order chi connectivity index (χ1) is 15.9. The van der Waals surface area contributed by atoms with Crippen LogP contribution < -0.4 is 16.6 Å². The van der Waals surface area contributed by atoms with Crippen LogP contribution >= 0.6 is 0 Å². The van der Waals surface area contributed by atoms with Gasteiger partial charge in [0.1, 0.15) is 5.52 Å². The zero-order chi connectivity index (χ0) is 23.8. The Labute approximate surface area is 194 Å². The molecule has 0 aliphatic heterocycles. The highest BCUT2D eigenvalue weighted by molar-refractivity contribution is 5.89. The molecule has 0 radical (unpaired) electrons. The molecule has 3 heterocycles. The van der Waals surface area contributed by atoms with E-state index >= 15 is 0 Å². The third-order valence-corrected chi connectivity index (χ3v) is 5.68. The summed E-state index contributed by atoms with van der Waals surface area (Å²) in [6.07, 6.45) is 8.60. The predicted molar refractivity (Wildman–Crippen MR) is 133 cm³/mol. The van der Waals surface area contributed by atoms with Gasteiger partial charge in [-0.3, -0.25) is 9.78 Å².